The van der Waals surface area contributed by atoms with Gasteiger partial charge in [0.05, 0.1) is 0 Å². The van der Waals surface area contributed by atoms with E-state index in [0.717, 1.165) is 52.0 Å². The molecule has 0 aliphatic carbocycles. The first kappa shape index (κ1) is 18.9. The van der Waals surface area contributed by atoms with Crippen molar-refractivity contribution in [2.45, 2.75) is 32.7 Å². The third-order valence-corrected chi connectivity index (χ3v) is 6.05. The molecule has 0 aromatic heterocycles. The normalized spacial score (nSPS) is 18.0. The molecule has 148 valence electrons. The summed E-state index contributed by atoms with van der Waals surface area (Å²) in [5.74, 6) is 0.339. The summed E-state index contributed by atoms with van der Waals surface area (Å²) < 4.78 is 13.7. The van der Waals surface area contributed by atoms with E-state index in [0.29, 0.717) is 17.2 Å². The van der Waals surface area contributed by atoms with E-state index in [4.69, 9.17) is 0 Å². The minimum absolute atomic E-state index is 0.131. The number of nitrogens with one attached hydrogen (secondary N) is 1. The molecule has 2 amide bonds. The number of amides is 2. The summed E-state index contributed by atoms with van der Waals surface area (Å²) in [6.07, 6.45) is 3.17. The lowest BCUT2D eigenvalue weighted by atomic mass is 9.94. The van der Waals surface area contributed by atoms with Gasteiger partial charge < -0.3 is 10.2 Å². The first-order valence-corrected chi connectivity index (χ1v) is 10.2. The summed E-state index contributed by atoms with van der Waals surface area (Å²) in [6, 6.07) is 13.4. The first-order chi connectivity index (χ1) is 13.6. The van der Waals surface area contributed by atoms with Gasteiger partial charge in [0, 0.05) is 38.4 Å². The van der Waals surface area contributed by atoms with E-state index in [2.05, 4.69) is 34.5 Å². The molecule has 2 aliphatic heterocycles. The molecule has 0 unspecified atom stereocenters. The van der Waals surface area contributed by atoms with Crippen molar-refractivity contribution < 1.29 is 9.18 Å². The van der Waals surface area contributed by atoms with Crippen molar-refractivity contribution in [2.75, 3.05) is 31.5 Å². The average molecular weight is 381 g/mol. The van der Waals surface area contributed by atoms with Crippen molar-refractivity contribution in [3.63, 3.8) is 0 Å². The maximum absolute atomic E-state index is 13.7. The van der Waals surface area contributed by atoms with Crippen molar-refractivity contribution in [1.82, 2.24) is 9.80 Å². The summed E-state index contributed by atoms with van der Waals surface area (Å²) in [5.41, 5.74) is 4.04. The van der Waals surface area contributed by atoms with Crippen LogP contribution in [0.25, 0.3) is 0 Å². The number of fused-ring (bicyclic) bond motifs is 1. The predicted octanol–water partition coefficient (Wildman–Crippen LogP) is 4.44. The number of aryl methyl sites for hydroxylation is 1. The van der Waals surface area contributed by atoms with Gasteiger partial charge in [-0.2, -0.15) is 0 Å². The highest BCUT2D eigenvalue weighted by Gasteiger charge is 2.25. The van der Waals surface area contributed by atoms with Crippen LogP contribution in [0.1, 0.15) is 29.5 Å². The Balaban J connectivity index is 1.25. The second kappa shape index (κ2) is 8.31. The number of urea groups is 1. The fourth-order valence-electron chi connectivity index (χ4n) is 4.27. The number of likely N-dealkylation sites (tertiary alicyclic amines) is 1. The van der Waals surface area contributed by atoms with Gasteiger partial charge in [-0.15, -0.1) is 0 Å². The molecule has 0 radical (unpaired) electrons. The Morgan fingerprint density at radius 2 is 1.86 bits per heavy atom. The lowest BCUT2D eigenvalue weighted by Crippen LogP contribution is -2.44. The largest absolute Gasteiger partial charge is 0.325 e. The molecule has 2 aliphatic rings. The van der Waals surface area contributed by atoms with Gasteiger partial charge in [0.2, 0.25) is 0 Å². The van der Waals surface area contributed by atoms with E-state index in [1.807, 2.05) is 4.90 Å². The van der Waals surface area contributed by atoms with Crippen molar-refractivity contribution in [1.29, 1.82) is 0 Å². The Bertz CT molecular complexity index is 845. The molecule has 1 N–H and O–H groups in total. The zero-order valence-electron chi connectivity index (χ0n) is 16.5. The summed E-state index contributed by atoms with van der Waals surface area (Å²) in [7, 11) is 0. The fraction of sp³-hybridized carbons (Fsp3) is 0.435. The number of piperidine rings is 1. The Labute approximate surface area is 166 Å². The number of hydrogen-bond acceptors (Lipinski definition) is 2. The van der Waals surface area contributed by atoms with Gasteiger partial charge in [-0.25, -0.2) is 9.18 Å². The van der Waals surface area contributed by atoms with E-state index in [1.165, 1.54) is 17.2 Å². The van der Waals surface area contributed by atoms with Crippen molar-refractivity contribution >= 4 is 11.7 Å². The number of benzene rings is 2. The highest BCUT2D eigenvalue weighted by molar-refractivity contribution is 5.89. The van der Waals surface area contributed by atoms with Crippen LogP contribution in [0, 0.1) is 18.7 Å². The highest BCUT2D eigenvalue weighted by Crippen LogP contribution is 2.24. The summed E-state index contributed by atoms with van der Waals surface area (Å²) >= 11 is 0. The van der Waals surface area contributed by atoms with Crippen LogP contribution in [0.15, 0.2) is 42.5 Å². The predicted molar refractivity (Wildman–Crippen MR) is 110 cm³/mol. The average Bonchev–Trinajstić information content (AvgIpc) is 2.71. The molecule has 1 fully saturated rings. The number of nitrogens with zero attached hydrogens (tertiary/aromatic N) is 2. The summed E-state index contributed by atoms with van der Waals surface area (Å²) in [6.45, 7) is 6.50. The molecule has 2 aromatic carbocycles. The Morgan fingerprint density at radius 1 is 1.11 bits per heavy atom. The second-order valence-corrected chi connectivity index (χ2v) is 8.08. The molecule has 2 heterocycles. The number of halogens is 1. The smallest absolute Gasteiger partial charge is 0.321 e. The number of hydrogen-bond donors (Lipinski definition) is 1. The molecule has 4 rings (SSSR count). The molecule has 1 saturated heterocycles. The third-order valence-electron chi connectivity index (χ3n) is 6.05. The lowest BCUT2D eigenvalue weighted by Gasteiger charge is -2.36. The molecule has 28 heavy (non-hydrogen) atoms. The van der Waals surface area contributed by atoms with Gasteiger partial charge in [-0.1, -0.05) is 30.3 Å². The quantitative estimate of drug-likeness (QED) is 0.853. The van der Waals surface area contributed by atoms with Crippen molar-refractivity contribution in [3.8, 4) is 0 Å². The van der Waals surface area contributed by atoms with Gasteiger partial charge in [-0.05, 0) is 60.9 Å². The van der Waals surface area contributed by atoms with E-state index in [1.54, 1.807) is 19.1 Å². The molecular weight excluding hydrogens is 353 g/mol. The standard InChI is InChI=1S/C23H28FN3O/c1-17-6-7-21(14-22(17)24)25-23(28)27-12-8-18(9-13-27)15-26-11-10-19-4-2-3-5-20(19)16-26/h2-7,14,18H,8-13,15-16H2,1H3,(H,25,28). The van der Waals surface area contributed by atoms with Crippen LogP contribution in [-0.2, 0) is 13.0 Å². The van der Waals surface area contributed by atoms with Crippen LogP contribution in [-0.4, -0.2) is 42.0 Å². The van der Waals surface area contributed by atoms with Gasteiger partial charge >= 0.3 is 6.03 Å². The van der Waals surface area contributed by atoms with Gasteiger partial charge in [0.25, 0.3) is 0 Å². The van der Waals surface area contributed by atoms with E-state index in [-0.39, 0.29) is 11.8 Å². The minimum atomic E-state index is -0.292. The maximum atomic E-state index is 13.7. The zero-order chi connectivity index (χ0) is 19.5. The number of anilines is 1. The monoisotopic (exact) mass is 381 g/mol. The third kappa shape index (κ3) is 4.36. The SMILES string of the molecule is Cc1ccc(NC(=O)N2CCC(CN3CCc4ccccc4C3)CC2)cc1F. The topological polar surface area (TPSA) is 35.6 Å². The number of carbonyl (C=O) groups is 1. The minimum Gasteiger partial charge on any atom is -0.325 e. The maximum Gasteiger partial charge on any atom is 0.321 e. The lowest BCUT2D eigenvalue weighted by molar-refractivity contribution is 0.147. The molecule has 2 aromatic rings. The highest BCUT2D eigenvalue weighted by atomic mass is 19.1. The molecular formula is C23H28FN3O. The Hall–Kier alpha value is -2.40. The molecule has 4 nitrogen and oxygen atoms in total. The number of rotatable bonds is 3. The van der Waals surface area contributed by atoms with Crippen LogP contribution in [0.4, 0.5) is 14.9 Å². The van der Waals surface area contributed by atoms with Crippen LogP contribution < -0.4 is 5.32 Å². The molecule has 0 bridgehead atoms. The van der Waals surface area contributed by atoms with E-state index in [9.17, 15) is 9.18 Å². The molecule has 5 heteroatoms. The van der Waals surface area contributed by atoms with E-state index < -0.39 is 0 Å². The Kier molecular flexibility index (Phi) is 5.62. The number of carbonyl (C=O) groups excluding carboxylic acids is 1. The summed E-state index contributed by atoms with van der Waals surface area (Å²) in [5, 5.41) is 2.82. The van der Waals surface area contributed by atoms with E-state index >= 15 is 0 Å². The van der Waals surface area contributed by atoms with Crippen LogP contribution in [0.5, 0.6) is 0 Å². The van der Waals surface area contributed by atoms with Crippen LogP contribution in [0.2, 0.25) is 0 Å². The second-order valence-electron chi connectivity index (χ2n) is 8.08. The Morgan fingerprint density at radius 3 is 2.61 bits per heavy atom. The molecule has 0 spiro atoms. The molecule has 0 atom stereocenters. The van der Waals surface area contributed by atoms with Gasteiger partial charge in [0.15, 0.2) is 0 Å². The fourth-order valence-corrected chi connectivity index (χ4v) is 4.27. The van der Waals surface area contributed by atoms with Crippen LogP contribution in [0.3, 0.4) is 0 Å². The zero-order valence-corrected chi connectivity index (χ0v) is 16.5. The van der Waals surface area contributed by atoms with Crippen molar-refractivity contribution in [2.24, 2.45) is 5.92 Å². The molecule has 0 saturated carbocycles. The van der Waals surface area contributed by atoms with Gasteiger partial charge in [0.1, 0.15) is 5.82 Å². The van der Waals surface area contributed by atoms with Crippen molar-refractivity contribution in [3.05, 3.63) is 65.0 Å². The van der Waals surface area contributed by atoms with Gasteiger partial charge in [-0.3, -0.25) is 4.90 Å². The first-order valence-electron chi connectivity index (χ1n) is 10.2. The van der Waals surface area contributed by atoms with Crippen LogP contribution >= 0.6 is 0 Å². The summed E-state index contributed by atoms with van der Waals surface area (Å²) in [4.78, 5) is 16.9.